The molecule has 1 saturated heterocycles. The van der Waals surface area contributed by atoms with Crippen LogP contribution < -0.4 is 15.4 Å². The molecule has 1 aliphatic heterocycles. The van der Waals surface area contributed by atoms with E-state index in [2.05, 4.69) is 16.7 Å². The van der Waals surface area contributed by atoms with Gasteiger partial charge in [0.05, 0.1) is 24.8 Å². The SMILES string of the molecule is COC(=O)N[C@H](C(=O)Cc1cccc(F)c1CC[C@@H]1CNC[C@@H](COc2ccc(C#N)cc2)O1)C(c1ccccc1)c1ccccc1. The van der Waals surface area contributed by atoms with E-state index in [1.54, 1.807) is 36.4 Å². The van der Waals surface area contributed by atoms with Crippen LogP contribution in [0.4, 0.5) is 9.18 Å². The Bertz CT molecular complexity index is 1620. The maximum absolute atomic E-state index is 15.4. The molecule has 0 spiro atoms. The van der Waals surface area contributed by atoms with E-state index in [4.69, 9.17) is 19.5 Å². The number of morpholine rings is 1. The molecule has 8 nitrogen and oxygen atoms in total. The molecule has 1 heterocycles. The Morgan fingerprint density at radius 3 is 2.23 bits per heavy atom. The number of nitrogens with one attached hydrogen (secondary N) is 2. The van der Waals surface area contributed by atoms with Gasteiger partial charge in [-0.05, 0) is 65.4 Å². The van der Waals surface area contributed by atoms with E-state index < -0.39 is 18.1 Å². The maximum atomic E-state index is 15.4. The smallest absolute Gasteiger partial charge is 0.407 e. The third-order valence-electron chi connectivity index (χ3n) is 8.30. The van der Waals surface area contributed by atoms with E-state index in [0.29, 0.717) is 55.0 Å². The predicted molar refractivity (Wildman–Crippen MR) is 176 cm³/mol. The van der Waals surface area contributed by atoms with Crippen LogP contribution in [0.15, 0.2) is 103 Å². The number of carbonyl (C=O) groups excluding carboxylic acids is 2. The van der Waals surface area contributed by atoms with Gasteiger partial charge in [-0.3, -0.25) is 4.79 Å². The number of halogens is 1. The summed E-state index contributed by atoms with van der Waals surface area (Å²) >= 11 is 0. The number of ether oxygens (including phenoxy) is 3. The summed E-state index contributed by atoms with van der Waals surface area (Å²) in [6, 6.07) is 31.8. The first-order valence-electron chi connectivity index (χ1n) is 15.7. The van der Waals surface area contributed by atoms with Crippen LogP contribution in [-0.4, -0.2) is 56.9 Å². The monoisotopic (exact) mass is 635 g/mol. The van der Waals surface area contributed by atoms with Crippen LogP contribution in [0, 0.1) is 17.1 Å². The van der Waals surface area contributed by atoms with E-state index in [1.807, 2.05) is 60.7 Å². The Morgan fingerprint density at radius 1 is 0.936 bits per heavy atom. The van der Waals surface area contributed by atoms with Crippen molar-refractivity contribution >= 4 is 11.9 Å². The van der Waals surface area contributed by atoms with Gasteiger partial charge in [-0.1, -0.05) is 72.8 Å². The van der Waals surface area contributed by atoms with E-state index in [0.717, 1.165) is 11.1 Å². The fraction of sp³-hybridized carbons (Fsp3) is 0.289. The molecule has 0 aliphatic carbocycles. The molecular formula is C38H38FN3O5. The third kappa shape index (κ3) is 9.03. The summed E-state index contributed by atoms with van der Waals surface area (Å²) < 4.78 is 32.4. The molecule has 0 radical (unpaired) electrons. The Kier molecular flexibility index (Phi) is 11.7. The Hall–Kier alpha value is -5.04. The summed E-state index contributed by atoms with van der Waals surface area (Å²) in [6.45, 7) is 1.55. The molecule has 4 aromatic rings. The molecule has 3 atom stereocenters. The lowest BCUT2D eigenvalue weighted by Crippen LogP contribution is -2.47. The van der Waals surface area contributed by atoms with Crippen molar-refractivity contribution in [1.82, 2.24) is 10.6 Å². The molecule has 4 aromatic carbocycles. The number of rotatable bonds is 13. The summed E-state index contributed by atoms with van der Waals surface area (Å²) in [5, 5.41) is 15.1. The van der Waals surface area contributed by atoms with Gasteiger partial charge in [-0.15, -0.1) is 0 Å². The molecule has 242 valence electrons. The standard InChI is InChI=1S/C38H38FN3O5/c1-45-38(44)42-37(36(27-9-4-2-5-10-27)28-11-6-3-7-12-28)35(43)21-29-13-8-14-34(39)33(29)20-19-31-23-41-24-32(47-31)25-46-30-17-15-26(22-40)16-18-30/h2-18,31-32,36-37,41H,19-21,23-25H2,1H3,(H,42,44)/t31-,32+,37-/m1/s1. The molecule has 0 unspecified atom stereocenters. The third-order valence-corrected chi connectivity index (χ3v) is 8.30. The number of alkyl carbamates (subject to hydrolysis) is 1. The minimum Gasteiger partial charge on any atom is -0.491 e. The molecule has 9 heteroatoms. The number of carbonyl (C=O) groups is 2. The highest BCUT2D eigenvalue weighted by Gasteiger charge is 2.33. The molecule has 5 rings (SSSR count). The van der Waals surface area contributed by atoms with Crippen molar-refractivity contribution in [2.45, 2.75) is 43.4 Å². The van der Waals surface area contributed by atoms with Gasteiger partial charge >= 0.3 is 6.09 Å². The average molecular weight is 636 g/mol. The predicted octanol–water partition coefficient (Wildman–Crippen LogP) is 5.73. The summed E-state index contributed by atoms with van der Waals surface area (Å²) in [7, 11) is 1.26. The van der Waals surface area contributed by atoms with E-state index >= 15 is 4.39 Å². The zero-order valence-electron chi connectivity index (χ0n) is 26.2. The topological polar surface area (TPSA) is 110 Å². The number of benzene rings is 4. The lowest BCUT2D eigenvalue weighted by molar-refractivity contribution is -0.120. The number of nitriles is 1. The van der Waals surface area contributed by atoms with Gasteiger partial charge in [0.15, 0.2) is 5.78 Å². The summed E-state index contributed by atoms with van der Waals surface area (Å²) in [5.41, 5.74) is 3.29. The number of nitrogens with zero attached hydrogens (tertiary/aromatic N) is 1. The normalized spacial score (nSPS) is 16.6. The van der Waals surface area contributed by atoms with Gasteiger partial charge in [0.25, 0.3) is 0 Å². The first-order chi connectivity index (χ1) is 22.9. The molecule has 1 amide bonds. The molecule has 47 heavy (non-hydrogen) atoms. The highest BCUT2D eigenvalue weighted by molar-refractivity contribution is 5.91. The lowest BCUT2D eigenvalue weighted by Gasteiger charge is -2.31. The Balaban J connectivity index is 1.29. The van der Waals surface area contributed by atoms with Crippen molar-refractivity contribution in [3.63, 3.8) is 0 Å². The molecule has 1 fully saturated rings. The number of amides is 1. The van der Waals surface area contributed by atoms with Crippen LogP contribution in [0.1, 0.15) is 40.2 Å². The maximum Gasteiger partial charge on any atom is 0.407 e. The summed E-state index contributed by atoms with van der Waals surface area (Å²) in [4.78, 5) is 26.7. The van der Waals surface area contributed by atoms with Crippen molar-refractivity contribution < 1.29 is 28.2 Å². The first-order valence-corrected chi connectivity index (χ1v) is 15.7. The van der Waals surface area contributed by atoms with Crippen LogP contribution >= 0.6 is 0 Å². The summed E-state index contributed by atoms with van der Waals surface area (Å²) in [5.74, 6) is -0.501. The zero-order valence-corrected chi connectivity index (χ0v) is 26.2. The summed E-state index contributed by atoms with van der Waals surface area (Å²) in [6.07, 6.45) is -0.300. The second kappa shape index (κ2) is 16.5. The van der Waals surface area contributed by atoms with Crippen LogP contribution in [0.5, 0.6) is 5.75 Å². The van der Waals surface area contributed by atoms with Crippen LogP contribution in [0.2, 0.25) is 0 Å². The van der Waals surface area contributed by atoms with E-state index in [9.17, 15) is 9.59 Å². The molecule has 0 bridgehead atoms. The van der Waals surface area contributed by atoms with Crippen LogP contribution in [-0.2, 0) is 27.1 Å². The first kappa shape index (κ1) is 33.3. The van der Waals surface area contributed by atoms with Crippen molar-refractivity contribution in [1.29, 1.82) is 5.26 Å². The van der Waals surface area contributed by atoms with Gasteiger partial charge in [-0.2, -0.15) is 5.26 Å². The Labute approximate surface area is 274 Å². The van der Waals surface area contributed by atoms with E-state index in [-0.39, 0.29) is 30.2 Å². The number of ketones is 1. The van der Waals surface area contributed by atoms with Gasteiger partial charge in [-0.25, -0.2) is 9.18 Å². The fourth-order valence-corrected chi connectivity index (χ4v) is 5.94. The van der Waals surface area contributed by atoms with Gasteiger partial charge in [0, 0.05) is 25.4 Å². The van der Waals surface area contributed by atoms with Gasteiger partial charge in [0.1, 0.15) is 30.3 Å². The number of hydrogen-bond acceptors (Lipinski definition) is 7. The fourth-order valence-electron chi connectivity index (χ4n) is 5.94. The molecule has 0 saturated carbocycles. The molecule has 2 N–H and O–H groups in total. The lowest BCUT2D eigenvalue weighted by atomic mass is 9.81. The zero-order chi connectivity index (χ0) is 33.0. The number of methoxy groups -OCH3 is 1. The average Bonchev–Trinajstić information content (AvgIpc) is 3.11. The van der Waals surface area contributed by atoms with Crippen LogP contribution in [0.3, 0.4) is 0 Å². The van der Waals surface area contributed by atoms with Crippen molar-refractivity contribution in [3.8, 4) is 11.8 Å². The molecule has 0 aromatic heterocycles. The highest BCUT2D eigenvalue weighted by Crippen LogP contribution is 2.30. The van der Waals surface area contributed by atoms with Crippen LogP contribution in [0.25, 0.3) is 0 Å². The molecular weight excluding hydrogens is 597 g/mol. The quantitative estimate of drug-likeness (QED) is 0.193. The van der Waals surface area contributed by atoms with E-state index in [1.165, 1.54) is 13.2 Å². The highest BCUT2D eigenvalue weighted by atomic mass is 19.1. The van der Waals surface area contributed by atoms with Crippen molar-refractivity contribution in [2.24, 2.45) is 0 Å². The minimum absolute atomic E-state index is 0.0806. The van der Waals surface area contributed by atoms with Gasteiger partial charge in [0.2, 0.25) is 0 Å². The largest absolute Gasteiger partial charge is 0.491 e. The minimum atomic E-state index is -0.967. The Morgan fingerprint density at radius 2 is 1.60 bits per heavy atom. The number of Topliss-reactive ketones (excluding diaryl/α,β-unsaturated/α-hetero) is 1. The molecule has 1 aliphatic rings. The van der Waals surface area contributed by atoms with Gasteiger partial charge < -0.3 is 24.8 Å². The second-order valence-electron chi connectivity index (χ2n) is 11.5. The van der Waals surface area contributed by atoms with Crippen molar-refractivity contribution in [2.75, 3.05) is 26.8 Å². The number of hydrogen-bond donors (Lipinski definition) is 2. The van der Waals surface area contributed by atoms with Crippen molar-refractivity contribution in [3.05, 3.63) is 137 Å². The second-order valence-corrected chi connectivity index (χ2v) is 11.5.